The van der Waals surface area contributed by atoms with Crippen molar-refractivity contribution in [1.29, 1.82) is 0 Å². The molecule has 3 heterocycles. The molecule has 2 aromatic rings. The van der Waals surface area contributed by atoms with Crippen molar-refractivity contribution in [3.63, 3.8) is 0 Å². The van der Waals surface area contributed by atoms with E-state index < -0.39 is 24.0 Å². The van der Waals surface area contributed by atoms with Gasteiger partial charge >= 0.3 is 11.9 Å². The minimum atomic E-state index is -0.811. The predicted molar refractivity (Wildman–Crippen MR) is 122 cm³/mol. The maximum absolute atomic E-state index is 12.0. The number of carboxylic acid groups (broad SMARTS) is 2. The van der Waals surface area contributed by atoms with Crippen LogP contribution in [0.2, 0.25) is 0 Å². The van der Waals surface area contributed by atoms with Gasteiger partial charge in [-0.25, -0.2) is 0 Å². The molecule has 1 aromatic carbocycles. The van der Waals surface area contributed by atoms with Gasteiger partial charge < -0.3 is 15.5 Å². The maximum Gasteiger partial charge on any atom is 0.321 e. The van der Waals surface area contributed by atoms with Crippen molar-refractivity contribution in [2.45, 2.75) is 56.7 Å². The summed E-state index contributed by atoms with van der Waals surface area (Å²) in [6.07, 6.45) is 4.80. The first-order chi connectivity index (χ1) is 16.5. The summed E-state index contributed by atoms with van der Waals surface area (Å²) < 4.78 is 0. The highest BCUT2D eigenvalue weighted by atomic mass is 16.4. The topological polar surface area (TPSA) is 133 Å². The third-order valence-corrected chi connectivity index (χ3v) is 7.87. The maximum atomic E-state index is 12.0. The standard InChI is InChI=1S/C24H32N6O4/c31-23(32)20-10-18-8-16(6-7-17(18)12-25-20)13-29-14-19(11-21(29)24(33)34)30-27-22(26-28-30)9-15-4-2-1-3-5-15/h1-5,16-21,25H,6-14H2,(H,31,32)(H,33,34)/t16?,17-,18?,19-,20?,21-/m0/s1. The molecule has 0 bridgehead atoms. The SMILES string of the molecule is O=C(O)C1CC2CC(CN3C[C@@H](n4nnc(Cc5ccccc5)n4)C[C@H]3C(=O)O)CC[C@H]2CN1. The second-order valence-electron chi connectivity index (χ2n) is 10.1. The van der Waals surface area contributed by atoms with Gasteiger partial charge in [0.05, 0.1) is 6.04 Å². The molecular weight excluding hydrogens is 436 g/mol. The molecule has 182 valence electrons. The lowest BCUT2D eigenvalue weighted by molar-refractivity contribution is -0.143. The second-order valence-corrected chi connectivity index (χ2v) is 10.1. The third kappa shape index (κ3) is 4.97. The number of benzene rings is 1. The number of fused-ring (bicyclic) bond motifs is 1. The molecule has 0 amide bonds. The van der Waals surface area contributed by atoms with E-state index in [-0.39, 0.29) is 6.04 Å². The first-order valence-electron chi connectivity index (χ1n) is 12.2. The van der Waals surface area contributed by atoms with Gasteiger partial charge in [-0.2, -0.15) is 4.80 Å². The molecule has 1 aromatic heterocycles. The molecule has 1 aliphatic carbocycles. The molecule has 3 unspecified atom stereocenters. The number of likely N-dealkylation sites (tertiary alicyclic amines) is 1. The van der Waals surface area contributed by atoms with Gasteiger partial charge in [-0.05, 0) is 67.2 Å². The molecule has 1 saturated carbocycles. The highest BCUT2D eigenvalue weighted by Crippen LogP contribution is 2.40. The summed E-state index contributed by atoms with van der Waals surface area (Å²) in [5, 5.41) is 35.4. The Labute approximate surface area is 198 Å². The minimum Gasteiger partial charge on any atom is -0.480 e. The number of tetrazole rings is 1. The first-order valence-corrected chi connectivity index (χ1v) is 12.2. The molecule has 2 aliphatic heterocycles. The number of hydrogen-bond acceptors (Lipinski definition) is 7. The Balaban J connectivity index is 1.21. The fourth-order valence-electron chi connectivity index (χ4n) is 6.11. The molecule has 3 fully saturated rings. The number of piperidine rings is 1. The van der Waals surface area contributed by atoms with Crippen molar-refractivity contribution in [2.75, 3.05) is 19.6 Å². The van der Waals surface area contributed by atoms with E-state index in [1.807, 2.05) is 30.3 Å². The lowest BCUT2D eigenvalue weighted by atomic mass is 9.69. The zero-order valence-electron chi connectivity index (χ0n) is 19.2. The summed E-state index contributed by atoms with van der Waals surface area (Å²) in [5.74, 6) is 0.339. The van der Waals surface area contributed by atoms with Crippen LogP contribution in [0.3, 0.4) is 0 Å². The Morgan fingerprint density at radius 1 is 1.03 bits per heavy atom. The van der Waals surface area contributed by atoms with Crippen LogP contribution in [-0.2, 0) is 16.0 Å². The number of nitrogens with one attached hydrogen (secondary N) is 1. The zero-order chi connectivity index (χ0) is 23.7. The summed E-state index contributed by atoms with van der Waals surface area (Å²) >= 11 is 0. The lowest BCUT2D eigenvalue weighted by Gasteiger charge is -2.42. The zero-order valence-corrected chi connectivity index (χ0v) is 19.2. The molecular formula is C24H32N6O4. The number of carbonyl (C=O) groups is 2. The highest BCUT2D eigenvalue weighted by molar-refractivity contribution is 5.74. The average Bonchev–Trinajstić information content (AvgIpc) is 3.46. The Morgan fingerprint density at radius 2 is 1.85 bits per heavy atom. The van der Waals surface area contributed by atoms with Crippen LogP contribution in [0.5, 0.6) is 0 Å². The van der Waals surface area contributed by atoms with Crippen LogP contribution < -0.4 is 5.32 Å². The van der Waals surface area contributed by atoms with Gasteiger partial charge in [0.15, 0.2) is 5.82 Å². The van der Waals surface area contributed by atoms with Crippen molar-refractivity contribution in [2.24, 2.45) is 17.8 Å². The lowest BCUT2D eigenvalue weighted by Crippen LogP contribution is -2.50. The number of aromatic nitrogens is 4. The van der Waals surface area contributed by atoms with Gasteiger partial charge in [-0.15, -0.1) is 10.2 Å². The summed E-state index contributed by atoms with van der Waals surface area (Å²) in [6, 6.07) is 8.82. The molecule has 34 heavy (non-hydrogen) atoms. The Bertz CT molecular complexity index is 1010. The fraction of sp³-hybridized carbons (Fsp3) is 0.625. The van der Waals surface area contributed by atoms with Crippen LogP contribution in [0.4, 0.5) is 0 Å². The van der Waals surface area contributed by atoms with Crippen molar-refractivity contribution < 1.29 is 19.8 Å². The molecule has 3 aliphatic rings. The molecule has 10 nitrogen and oxygen atoms in total. The van der Waals surface area contributed by atoms with Crippen molar-refractivity contribution in [1.82, 2.24) is 30.4 Å². The monoisotopic (exact) mass is 468 g/mol. The predicted octanol–water partition coefficient (Wildman–Crippen LogP) is 1.44. The van der Waals surface area contributed by atoms with E-state index in [0.717, 1.165) is 31.4 Å². The first kappa shape index (κ1) is 22.9. The molecule has 5 rings (SSSR count). The van der Waals surface area contributed by atoms with Crippen LogP contribution in [0, 0.1) is 17.8 Å². The van der Waals surface area contributed by atoms with E-state index >= 15 is 0 Å². The smallest absolute Gasteiger partial charge is 0.321 e. The summed E-state index contributed by atoms with van der Waals surface area (Å²) in [4.78, 5) is 27.1. The molecule has 0 radical (unpaired) electrons. The Morgan fingerprint density at radius 3 is 2.62 bits per heavy atom. The largest absolute Gasteiger partial charge is 0.480 e. The third-order valence-electron chi connectivity index (χ3n) is 7.87. The number of nitrogens with zero attached hydrogens (tertiary/aromatic N) is 5. The van der Waals surface area contributed by atoms with Gasteiger partial charge in [0, 0.05) is 19.5 Å². The van der Waals surface area contributed by atoms with E-state index in [9.17, 15) is 19.8 Å². The normalized spacial score (nSPS) is 31.8. The van der Waals surface area contributed by atoms with Crippen LogP contribution in [-0.4, -0.2) is 79.0 Å². The molecule has 2 saturated heterocycles. The quantitative estimate of drug-likeness (QED) is 0.552. The van der Waals surface area contributed by atoms with E-state index in [0.29, 0.717) is 55.9 Å². The van der Waals surface area contributed by atoms with E-state index in [1.165, 1.54) is 0 Å². The van der Waals surface area contributed by atoms with Gasteiger partial charge in [0.2, 0.25) is 0 Å². The molecule has 0 spiro atoms. The van der Waals surface area contributed by atoms with E-state index in [4.69, 9.17) is 0 Å². The van der Waals surface area contributed by atoms with Crippen LogP contribution >= 0.6 is 0 Å². The number of carboxylic acids is 2. The molecule has 6 atom stereocenters. The number of rotatable bonds is 7. The fourth-order valence-corrected chi connectivity index (χ4v) is 6.11. The van der Waals surface area contributed by atoms with Gasteiger partial charge in [-0.1, -0.05) is 30.3 Å². The van der Waals surface area contributed by atoms with Crippen LogP contribution in [0.25, 0.3) is 0 Å². The number of aliphatic carboxylic acids is 2. The van der Waals surface area contributed by atoms with Gasteiger partial charge in [0.1, 0.15) is 12.1 Å². The Kier molecular flexibility index (Phi) is 6.60. The summed E-state index contributed by atoms with van der Waals surface area (Å²) in [6.45, 7) is 2.07. The highest BCUT2D eigenvalue weighted by Gasteiger charge is 2.42. The van der Waals surface area contributed by atoms with Crippen LogP contribution in [0.15, 0.2) is 30.3 Å². The van der Waals surface area contributed by atoms with Crippen LogP contribution in [0.1, 0.15) is 49.5 Å². The van der Waals surface area contributed by atoms with Gasteiger partial charge in [-0.3, -0.25) is 14.5 Å². The van der Waals surface area contributed by atoms with E-state index in [1.54, 1.807) is 4.80 Å². The average molecular weight is 469 g/mol. The second kappa shape index (κ2) is 9.79. The van der Waals surface area contributed by atoms with Crippen molar-refractivity contribution >= 4 is 11.9 Å². The van der Waals surface area contributed by atoms with E-state index in [2.05, 4.69) is 25.6 Å². The number of hydrogen-bond donors (Lipinski definition) is 3. The molecule has 3 N–H and O–H groups in total. The van der Waals surface area contributed by atoms with Gasteiger partial charge in [0.25, 0.3) is 0 Å². The minimum absolute atomic E-state index is 0.121. The summed E-state index contributed by atoms with van der Waals surface area (Å²) in [7, 11) is 0. The summed E-state index contributed by atoms with van der Waals surface area (Å²) in [5.41, 5.74) is 1.11. The Hall–Kier alpha value is -2.85. The van der Waals surface area contributed by atoms with Crippen molar-refractivity contribution in [3.05, 3.63) is 41.7 Å². The van der Waals surface area contributed by atoms with Crippen molar-refractivity contribution in [3.8, 4) is 0 Å². The molecule has 10 heteroatoms.